The van der Waals surface area contributed by atoms with Gasteiger partial charge in [-0.15, -0.1) is 11.3 Å². The van der Waals surface area contributed by atoms with Crippen LogP contribution in [0.5, 0.6) is 0 Å². The summed E-state index contributed by atoms with van der Waals surface area (Å²) in [4.78, 5) is 16.2. The smallest absolute Gasteiger partial charge is 0.339 e. The van der Waals surface area contributed by atoms with E-state index in [1.807, 2.05) is 24.3 Å². The minimum absolute atomic E-state index is 0.0237. The maximum absolute atomic E-state index is 12.8. The molecule has 1 atom stereocenters. The van der Waals surface area contributed by atoms with Crippen LogP contribution in [0, 0.1) is 6.92 Å². The summed E-state index contributed by atoms with van der Waals surface area (Å²) in [5, 5.41) is 5.38. The number of methoxy groups -OCH3 is 1. The molecule has 1 N–H and O–H groups in total. The van der Waals surface area contributed by atoms with Gasteiger partial charge in [0.1, 0.15) is 0 Å². The maximum atomic E-state index is 12.8. The highest BCUT2D eigenvalue weighted by molar-refractivity contribution is 7.19. The molecule has 0 amide bonds. The van der Waals surface area contributed by atoms with E-state index in [1.165, 1.54) is 12.0 Å². The maximum Gasteiger partial charge on any atom is 0.339 e. The van der Waals surface area contributed by atoms with E-state index in [0.29, 0.717) is 18.7 Å². The second-order valence-electron chi connectivity index (χ2n) is 9.47. The number of hydrogen-bond donors (Lipinski definition) is 1. The second-order valence-corrected chi connectivity index (χ2v) is 11.2. The summed E-state index contributed by atoms with van der Waals surface area (Å²) in [6, 6.07) is 12.1. The normalized spacial score (nSPS) is 16.9. The lowest BCUT2D eigenvalue weighted by molar-refractivity contribution is 0.0368. The van der Waals surface area contributed by atoms with E-state index in [0.717, 1.165) is 45.0 Å². The Morgan fingerprint density at radius 2 is 2.06 bits per heavy atom. The fraction of sp³-hybridized carbons (Fsp3) is 0.423. The third-order valence-corrected chi connectivity index (χ3v) is 7.16. The number of aryl methyl sites for hydroxylation is 1. The third-order valence-electron chi connectivity index (χ3n) is 5.86. The Morgan fingerprint density at radius 1 is 1.27 bits per heavy atom. The first-order valence-corrected chi connectivity index (χ1v) is 12.4. The van der Waals surface area contributed by atoms with Crippen molar-refractivity contribution in [2.24, 2.45) is 0 Å². The molecule has 1 aliphatic rings. The number of morpholine rings is 1. The van der Waals surface area contributed by atoms with E-state index in [1.54, 1.807) is 11.3 Å². The van der Waals surface area contributed by atoms with Crippen LogP contribution in [-0.4, -0.2) is 51.0 Å². The van der Waals surface area contributed by atoms with Crippen LogP contribution >= 0.6 is 22.9 Å². The zero-order chi connectivity index (χ0) is 23.8. The summed E-state index contributed by atoms with van der Waals surface area (Å²) >= 11 is 7.92. The van der Waals surface area contributed by atoms with Crippen molar-refractivity contribution in [1.82, 2.24) is 5.32 Å². The summed E-state index contributed by atoms with van der Waals surface area (Å²) in [6.07, 6.45) is 0.0518. The van der Waals surface area contributed by atoms with Gasteiger partial charge in [-0.25, -0.2) is 4.79 Å². The third kappa shape index (κ3) is 5.35. The molecule has 0 bridgehead atoms. The van der Waals surface area contributed by atoms with E-state index in [2.05, 4.69) is 50.0 Å². The number of benzene rings is 2. The molecule has 2 aromatic carbocycles. The average Bonchev–Trinajstić information content (AvgIpc) is 3.11. The summed E-state index contributed by atoms with van der Waals surface area (Å²) in [6.45, 7) is 11.4. The number of anilines is 1. The number of ether oxygens (including phenoxy) is 2. The van der Waals surface area contributed by atoms with Gasteiger partial charge in [-0.05, 0) is 57.5 Å². The Morgan fingerprint density at radius 3 is 2.79 bits per heavy atom. The van der Waals surface area contributed by atoms with E-state index >= 15 is 0 Å². The number of nitrogens with zero attached hydrogens (tertiary/aromatic N) is 1. The number of halogens is 1. The van der Waals surface area contributed by atoms with E-state index in [4.69, 9.17) is 21.1 Å². The molecule has 3 aromatic rings. The minimum atomic E-state index is -0.331. The van der Waals surface area contributed by atoms with E-state index in [9.17, 15) is 4.79 Å². The molecule has 1 aliphatic heterocycles. The second kappa shape index (κ2) is 9.63. The molecule has 1 saturated heterocycles. The first kappa shape index (κ1) is 24.0. The molecule has 7 heteroatoms. The Kier molecular flexibility index (Phi) is 7.01. The number of fused-ring (bicyclic) bond motifs is 1. The van der Waals surface area contributed by atoms with Crippen LogP contribution in [0.1, 0.15) is 36.0 Å². The zero-order valence-corrected chi connectivity index (χ0v) is 21.4. The van der Waals surface area contributed by atoms with Crippen molar-refractivity contribution in [2.75, 3.05) is 38.3 Å². The van der Waals surface area contributed by atoms with E-state index < -0.39 is 0 Å². The Balaban J connectivity index is 1.68. The highest BCUT2D eigenvalue weighted by Gasteiger charge is 2.26. The minimum Gasteiger partial charge on any atom is -0.465 e. The predicted octanol–water partition coefficient (Wildman–Crippen LogP) is 5.91. The fourth-order valence-corrected chi connectivity index (χ4v) is 5.64. The standard InChI is InChI=1S/C26H31ClN2O3S/c1-16-24(20-8-7-18(27)13-23(20)33-16)17-6-9-22(21(12-17)25(30)31-5)29-10-11-32-19(15-29)14-28-26(2,3)4/h6-9,12-13,19,28H,10-11,14-15H2,1-5H3/t19-/m1/s1. The van der Waals surface area contributed by atoms with Crippen molar-refractivity contribution < 1.29 is 14.3 Å². The van der Waals surface area contributed by atoms with Crippen molar-refractivity contribution in [2.45, 2.75) is 39.3 Å². The molecule has 4 rings (SSSR count). The molecule has 33 heavy (non-hydrogen) atoms. The first-order valence-electron chi connectivity index (χ1n) is 11.2. The predicted molar refractivity (Wildman–Crippen MR) is 138 cm³/mol. The van der Waals surface area contributed by atoms with Gasteiger partial charge in [-0.3, -0.25) is 0 Å². The van der Waals surface area contributed by atoms with Gasteiger partial charge in [0.05, 0.1) is 31.1 Å². The van der Waals surface area contributed by atoms with Gasteiger partial charge in [-0.1, -0.05) is 23.7 Å². The average molecular weight is 487 g/mol. The molecule has 0 radical (unpaired) electrons. The van der Waals surface area contributed by atoms with Crippen LogP contribution < -0.4 is 10.2 Å². The molecular formula is C26H31ClN2O3S. The van der Waals surface area contributed by atoms with Gasteiger partial charge in [-0.2, -0.15) is 0 Å². The molecule has 176 valence electrons. The molecular weight excluding hydrogens is 456 g/mol. The monoisotopic (exact) mass is 486 g/mol. The number of esters is 1. The van der Waals surface area contributed by atoms with Gasteiger partial charge in [0.2, 0.25) is 0 Å². The number of nitrogens with one attached hydrogen (secondary N) is 1. The number of carbonyl (C=O) groups excluding carboxylic acids is 1. The van der Waals surface area contributed by atoms with Crippen molar-refractivity contribution in [3.8, 4) is 11.1 Å². The van der Waals surface area contributed by atoms with Crippen molar-refractivity contribution >= 4 is 44.7 Å². The largest absolute Gasteiger partial charge is 0.465 e. The number of rotatable bonds is 5. The molecule has 0 spiro atoms. The Hall–Kier alpha value is -2.12. The fourth-order valence-electron chi connectivity index (χ4n) is 4.27. The number of carbonyl (C=O) groups is 1. The van der Waals surface area contributed by atoms with E-state index in [-0.39, 0.29) is 17.6 Å². The van der Waals surface area contributed by atoms with Crippen LogP contribution in [0.25, 0.3) is 21.2 Å². The van der Waals surface area contributed by atoms with Crippen molar-refractivity contribution in [3.63, 3.8) is 0 Å². The molecule has 2 heterocycles. The first-order chi connectivity index (χ1) is 15.7. The number of hydrogen-bond acceptors (Lipinski definition) is 6. The van der Waals surface area contributed by atoms with Crippen LogP contribution in [0.4, 0.5) is 5.69 Å². The van der Waals surface area contributed by atoms with Crippen molar-refractivity contribution in [3.05, 3.63) is 51.9 Å². The van der Waals surface area contributed by atoms with Gasteiger partial charge in [0, 0.05) is 50.7 Å². The lowest BCUT2D eigenvalue weighted by Crippen LogP contribution is -2.50. The van der Waals surface area contributed by atoms with Crippen LogP contribution in [0.15, 0.2) is 36.4 Å². The highest BCUT2D eigenvalue weighted by Crippen LogP contribution is 2.41. The summed E-state index contributed by atoms with van der Waals surface area (Å²) in [5.74, 6) is -0.331. The molecule has 1 fully saturated rings. The quantitative estimate of drug-likeness (QED) is 0.454. The van der Waals surface area contributed by atoms with Gasteiger partial charge < -0.3 is 19.7 Å². The summed E-state index contributed by atoms with van der Waals surface area (Å²) < 4.78 is 12.3. The van der Waals surface area contributed by atoms with Crippen LogP contribution in [0.2, 0.25) is 5.02 Å². The summed E-state index contributed by atoms with van der Waals surface area (Å²) in [5.41, 5.74) is 3.62. The topological polar surface area (TPSA) is 50.8 Å². The lowest BCUT2D eigenvalue weighted by atomic mass is 9.98. The summed E-state index contributed by atoms with van der Waals surface area (Å²) in [7, 11) is 1.43. The molecule has 0 unspecified atom stereocenters. The van der Waals surface area contributed by atoms with Gasteiger partial charge >= 0.3 is 5.97 Å². The zero-order valence-electron chi connectivity index (χ0n) is 19.8. The molecule has 0 saturated carbocycles. The molecule has 5 nitrogen and oxygen atoms in total. The molecule has 0 aliphatic carbocycles. The highest BCUT2D eigenvalue weighted by atomic mass is 35.5. The Bertz CT molecular complexity index is 1170. The SMILES string of the molecule is COC(=O)c1cc(-c2c(C)sc3cc(Cl)ccc23)ccc1N1CCO[C@H](CNC(C)(C)C)C1. The van der Waals surface area contributed by atoms with Crippen LogP contribution in [-0.2, 0) is 9.47 Å². The molecule has 1 aromatic heterocycles. The number of thiophene rings is 1. The van der Waals surface area contributed by atoms with Crippen molar-refractivity contribution in [1.29, 1.82) is 0 Å². The Labute approximate surface area is 204 Å². The van der Waals surface area contributed by atoms with Gasteiger partial charge in [0.25, 0.3) is 0 Å². The van der Waals surface area contributed by atoms with Gasteiger partial charge in [0.15, 0.2) is 0 Å². The van der Waals surface area contributed by atoms with Crippen LogP contribution in [0.3, 0.4) is 0 Å². The lowest BCUT2D eigenvalue weighted by Gasteiger charge is -2.36.